The molecule has 0 amide bonds. The second kappa shape index (κ2) is 6.26. The number of aliphatic hydroxyl groups excluding tert-OH is 1. The molecule has 26 heavy (non-hydrogen) atoms. The largest absolute Gasteiger partial charge is 0.506 e. The normalized spacial score (nSPS) is 11.2. The molecule has 3 N–H and O–H groups in total. The van der Waals surface area contributed by atoms with Crippen LogP contribution in [0.3, 0.4) is 0 Å². The standard InChI is InChI=1S/C23H22N2O/c1-4-16-21(17-9-6-5-8-14(17)2)22(15(3)26)25-23(16)19-10-7-11-20-18(19)12-13-24-20/h5-13,24-26H,3-4H2,1-2H3. The molecule has 2 aromatic carbocycles. The minimum Gasteiger partial charge on any atom is -0.506 e. The van der Waals surface area contributed by atoms with Crippen LogP contribution in [-0.2, 0) is 6.42 Å². The summed E-state index contributed by atoms with van der Waals surface area (Å²) in [6.45, 7) is 8.04. The summed E-state index contributed by atoms with van der Waals surface area (Å²) in [6.07, 6.45) is 2.81. The zero-order chi connectivity index (χ0) is 18.3. The van der Waals surface area contributed by atoms with E-state index in [1.54, 1.807) is 0 Å². The third-order valence-corrected chi connectivity index (χ3v) is 5.02. The molecule has 0 aliphatic heterocycles. The molecule has 2 heterocycles. The van der Waals surface area contributed by atoms with E-state index in [9.17, 15) is 5.11 Å². The summed E-state index contributed by atoms with van der Waals surface area (Å²) >= 11 is 0. The average Bonchev–Trinajstić information content (AvgIpc) is 3.26. The Kier molecular flexibility index (Phi) is 3.92. The SMILES string of the molecule is C=C(O)c1[nH]c(-c2cccc3[nH]ccc23)c(CC)c1-c1ccccc1C. The molecular weight excluding hydrogens is 320 g/mol. The molecule has 0 spiro atoms. The van der Waals surface area contributed by atoms with E-state index < -0.39 is 0 Å². The lowest BCUT2D eigenvalue weighted by molar-refractivity contribution is 0.511. The number of H-pyrrole nitrogens is 2. The number of hydrogen-bond acceptors (Lipinski definition) is 1. The van der Waals surface area contributed by atoms with Crippen molar-refractivity contribution in [1.82, 2.24) is 9.97 Å². The summed E-state index contributed by atoms with van der Waals surface area (Å²) in [7, 11) is 0. The van der Waals surface area contributed by atoms with Gasteiger partial charge in [-0.3, -0.25) is 0 Å². The third-order valence-electron chi connectivity index (χ3n) is 5.02. The van der Waals surface area contributed by atoms with E-state index in [1.165, 1.54) is 11.1 Å². The number of rotatable bonds is 4. The van der Waals surface area contributed by atoms with Gasteiger partial charge in [0.05, 0.1) is 11.4 Å². The number of benzene rings is 2. The number of aromatic nitrogens is 2. The van der Waals surface area contributed by atoms with Crippen molar-refractivity contribution in [1.29, 1.82) is 0 Å². The van der Waals surface area contributed by atoms with Gasteiger partial charge in [0, 0.05) is 28.2 Å². The van der Waals surface area contributed by atoms with Crippen molar-refractivity contribution in [3.63, 3.8) is 0 Å². The summed E-state index contributed by atoms with van der Waals surface area (Å²) in [5.74, 6) is 0.0606. The molecule has 4 rings (SSSR count). The first kappa shape index (κ1) is 16.3. The molecule has 0 unspecified atom stereocenters. The molecule has 0 saturated carbocycles. The van der Waals surface area contributed by atoms with Crippen molar-refractivity contribution in [2.75, 3.05) is 0 Å². The van der Waals surface area contributed by atoms with Crippen molar-refractivity contribution >= 4 is 16.7 Å². The molecule has 0 bridgehead atoms. The molecule has 3 nitrogen and oxygen atoms in total. The maximum atomic E-state index is 10.3. The summed E-state index contributed by atoms with van der Waals surface area (Å²) in [6, 6.07) is 16.6. The van der Waals surface area contributed by atoms with E-state index in [2.05, 4.69) is 66.8 Å². The third kappa shape index (κ3) is 2.44. The van der Waals surface area contributed by atoms with Crippen LogP contribution in [0.5, 0.6) is 0 Å². The highest BCUT2D eigenvalue weighted by molar-refractivity contribution is 5.97. The Labute approximate surface area is 153 Å². The first-order valence-electron chi connectivity index (χ1n) is 8.87. The van der Waals surface area contributed by atoms with Gasteiger partial charge in [-0.25, -0.2) is 0 Å². The Morgan fingerprint density at radius 2 is 1.81 bits per heavy atom. The summed E-state index contributed by atoms with van der Waals surface area (Å²) in [5.41, 5.74) is 8.50. The molecule has 0 saturated heterocycles. The Bertz CT molecular complexity index is 1110. The van der Waals surface area contributed by atoms with E-state index in [0.29, 0.717) is 5.69 Å². The molecule has 0 atom stereocenters. The Hall–Kier alpha value is -3.20. The quantitative estimate of drug-likeness (QED) is 0.378. The maximum absolute atomic E-state index is 10.3. The van der Waals surface area contributed by atoms with Gasteiger partial charge in [-0.05, 0) is 42.2 Å². The van der Waals surface area contributed by atoms with Gasteiger partial charge in [0.25, 0.3) is 0 Å². The van der Waals surface area contributed by atoms with Gasteiger partial charge < -0.3 is 15.1 Å². The van der Waals surface area contributed by atoms with Crippen LogP contribution in [-0.4, -0.2) is 15.1 Å². The van der Waals surface area contributed by atoms with E-state index in [4.69, 9.17) is 0 Å². The Balaban J connectivity index is 2.07. The zero-order valence-corrected chi connectivity index (χ0v) is 15.1. The lowest BCUT2D eigenvalue weighted by atomic mass is 9.93. The number of hydrogen-bond donors (Lipinski definition) is 3. The van der Waals surface area contributed by atoms with E-state index >= 15 is 0 Å². The molecule has 4 aromatic rings. The topological polar surface area (TPSA) is 51.8 Å². The fraction of sp³-hybridized carbons (Fsp3) is 0.130. The van der Waals surface area contributed by atoms with Crippen LogP contribution in [0.2, 0.25) is 0 Å². The van der Waals surface area contributed by atoms with Gasteiger partial charge in [0.1, 0.15) is 5.76 Å². The van der Waals surface area contributed by atoms with Gasteiger partial charge in [0.2, 0.25) is 0 Å². The van der Waals surface area contributed by atoms with Crippen LogP contribution in [0.15, 0.2) is 61.3 Å². The second-order valence-electron chi connectivity index (χ2n) is 6.59. The highest BCUT2D eigenvalue weighted by Crippen LogP contribution is 2.40. The van der Waals surface area contributed by atoms with Crippen LogP contribution in [0.1, 0.15) is 23.7 Å². The predicted octanol–water partition coefficient (Wildman–Crippen LogP) is 6.23. The Morgan fingerprint density at radius 1 is 1.04 bits per heavy atom. The lowest BCUT2D eigenvalue weighted by Crippen LogP contribution is -1.91. The van der Waals surface area contributed by atoms with Crippen LogP contribution in [0.25, 0.3) is 39.0 Å². The molecule has 3 heteroatoms. The lowest BCUT2D eigenvalue weighted by Gasteiger charge is -2.10. The molecule has 2 aromatic heterocycles. The number of aliphatic hydroxyl groups is 1. The summed E-state index contributed by atoms with van der Waals surface area (Å²) < 4.78 is 0. The number of fused-ring (bicyclic) bond motifs is 1. The minimum atomic E-state index is 0.0606. The van der Waals surface area contributed by atoms with Crippen molar-refractivity contribution < 1.29 is 5.11 Å². The number of aromatic amines is 2. The average molecular weight is 342 g/mol. The first-order valence-corrected chi connectivity index (χ1v) is 8.87. The van der Waals surface area contributed by atoms with Crippen LogP contribution >= 0.6 is 0 Å². The van der Waals surface area contributed by atoms with Crippen molar-refractivity contribution in [3.8, 4) is 22.4 Å². The van der Waals surface area contributed by atoms with Crippen molar-refractivity contribution in [3.05, 3.63) is 78.1 Å². The monoisotopic (exact) mass is 342 g/mol. The first-order chi connectivity index (χ1) is 12.6. The van der Waals surface area contributed by atoms with Gasteiger partial charge in [-0.1, -0.05) is 49.9 Å². The fourth-order valence-corrected chi connectivity index (χ4v) is 3.79. The molecular formula is C23H22N2O. The summed E-state index contributed by atoms with van der Waals surface area (Å²) in [5, 5.41) is 11.4. The Morgan fingerprint density at radius 3 is 2.54 bits per heavy atom. The van der Waals surface area contributed by atoms with E-state index in [-0.39, 0.29) is 5.76 Å². The van der Waals surface area contributed by atoms with Gasteiger partial charge in [-0.2, -0.15) is 0 Å². The molecule has 130 valence electrons. The van der Waals surface area contributed by atoms with Crippen molar-refractivity contribution in [2.45, 2.75) is 20.3 Å². The molecule has 0 radical (unpaired) electrons. The van der Waals surface area contributed by atoms with Crippen molar-refractivity contribution in [2.24, 2.45) is 0 Å². The van der Waals surface area contributed by atoms with E-state index in [1.807, 2.05) is 18.3 Å². The summed E-state index contributed by atoms with van der Waals surface area (Å²) in [4.78, 5) is 6.73. The highest BCUT2D eigenvalue weighted by atomic mass is 16.3. The zero-order valence-electron chi connectivity index (χ0n) is 15.1. The van der Waals surface area contributed by atoms with Gasteiger partial charge in [0.15, 0.2) is 0 Å². The highest BCUT2D eigenvalue weighted by Gasteiger charge is 2.22. The van der Waals surface area contributed by atoms with Gasteiger partial charge in [-0.15, -0.1) is 0 Å². The van der Waals surface area contributed by atoms with Gasteiger partial charge >= 0.3 is 0 Å². The predicted molar refractivity (Wildman–Crippen MR) is 109 cm³/mol. The number of nitrogens with one attached hydrogen (secondary N) is 2. The smallest absolute Gasteiger partial charge is 0.132 e. The molecule has 0 aliphatic rings. The molecule has 0 fully saturated rings. The maximum Gasteiger partial charge on any atom is 0.132 e. The molecule has 0 aliphatic carbocycles. The van der Waals surface area contributed by atoms with Crippen LogP contribution < -0.4 is 0 Å². The second-order valence-corrected chi connectivity index (χ2v) is 6.59. The van der Waals surface area contributed by atoms with Crippen LogP contribution in [0, 0.1) is 6.92 Å². The fourth-order valence-electron chi connectivity index (χ4n) is 3.79. The van der Waals surface area contributed by atoms with Crippen LogP contribution in [0.4, 0.5) is 0 Å². The minimum absolute atomic E-state index is 0.0606. The van der Waals surface area contributed by atoms with E-state index in [0.717, 1.165) is 39.7 Å². The number of aryl methyl sites for hydroxylation is 1.